The van der Waals surface area contributed by atoms with Crippen LogP contribution in [0.1, 0.15) is 18.5 Å². The molecule has 20 heavy (non-hydrogen) atoms. The predicted octanol–water partition coefficient (Wildman–Crippen LogP) is 4.46. The first-order chi connectivity index (χ1) is 9.74. The third-order valence-electron chi connectivity index (χ3n) is 3.25. The molecule has 1 N–H and O–H groups in total. The minimum atomic E-state index is 0.160. The van der Waals surface area contributed by atoms with Crippen molar-refractivity contribution in [3.8, 4) is 0 Å². The Labute approximate surface area is 122 Å². The van der Waals surface area contributed by atoms with Gasteiger partial charge in [0.2, 0.25) is 0 Å². The van der Waals surface area contributed by atoms with Gasteiger partial charge in [-0.25, -0.2) is 9.97 Å². The van der Waals surface area contributed by atoms with Crippen molar-refractivity contribution in [2.24, 2.45) is 0 Å². The van der Waals surface area contributed by atoms with Crippen molar-refractivity contribution >= 4 is 28.3 Å². The summed E-state index contributed by atoms with van der Waals surface area (Å²) < 4.78 is 0. The van der Waals surface area contributed by atoms with Gasteiger partial charge in [-0.3, -0.25) is 0 Å². The monoisotopic (exact) mass is 283 g/mol. The molecule has 4 heteroatoms. The fraction of sp³-hybridized carbons (Fsp3) is 0.125. The minimum Gasteiger partial charge on any atom is -0.363 e. The van der Waals surface area contributed by atoms with Gasteiger partial charge in [0.1, 0.15) is 12.1 Å². The van der Waals surface area contributed by atoms with Crippen molar-refractivity contribution < 1.29 is 0 Å². The molecule has 0 unspecified atom stereocenters. The van der Waals surface area contributed by atoms with Crippen LogP contribution in [0.5, 0.6) is 0 Å². The molecular formula is C16H14ClN3. The molecule has 1 heterocycles. The van der Waals surface area contributed by atoms with E-state index in [1.54, 1.807) is 6.33 Å². The lowest BCUT2D eigenvalue weighted by Gasteiger charge is -2.16. The number of nitrogens with zero attached hydrogens (tertiary/aromatic N) is 2. The molecule has 0 saturated heterocycles. The van der Waals surface area contributed by atoms with Crippen LogP contribution < -0.4 is 5.32 Å². The van der Waals surface area contributed by atoms with E-state index in [2.05, 4.69) is 34.3 Å². The first-order valence-corrected chi connectivity index (χ1v) is 6.83. The second-order valence-corrected chi connectivity index (χ2v) is 5.10. The van der Waals surface area contributed by atoms with E-state index in [-0.39, 0.29) is 6.04 Å². The van der Waals surface area contributed by atoms with Crippen LogP contribution >= 0.6 is 11.6 Å². The zero-order chi connectivity index (χ0) is 13.9. The summed E-state index contributed by atoms with van der Waals surface area (Å²) in [4.78, 5) is 8.59. The summed E-state index contributed by atoms with van der Waals surface area (Å²) in [6.45, 7) is 2.10. The number of hydrogen-bond donors (Lipinski definition) is 1. The maximum absolute atomic E-state index is 6.06. The third-order valence-corrected chi connectivity index (χ3v) is 3.49. The zero-order valence-corrected chi connectivity index (χ0v) is 11.8. The molecular weight excluding hydrogens is 270 g/mol. The van der Waals surface area contributed by atoms with E-state index in [1.807, 2.05) is 36.4 Å². The van der Waals surface area contributed by atoms with Crippen LogP contribution in [0.3, 0.4) is 0 Å². The van der Waals surface area contributed by atoms with Crippen molar-refractivity contribution in [2.45, 2.75) is 13.0 Å². The molecule has 100 valence electrons. The van der Waals surface area contributed by atoms with E-state index in [4.69, 9.17) is 11.6 Å². The lowest BCUT2D eigenvalue weighted by atomic mass is 10.1. The van der Waals surface area contributed by atoms with Gasteiger partial charge in [-0.15, -0.1) is 0 Å². The highest BCUT2D eigenvalue weighted by atomic mass is 35.5. The Balaban J connectivity index is 1.97. The molecule has 3 nitrogen and oxygen atoms in total. The molecule has 0 saturated carbocycles. The van der Waals surface area contributed by atoms with E-state index in [9.17, 15) is 0 Å². The molecule has 0 amide bonds. The maximum Gasteiger partial charge on any atom is 0.137 e. The topological polar surface area (TPSA) is 37.8 Å². The Kier molecular flexibility index (Phi) is 3.52. The average Bonchev–Trinajstić information content (AvgIpc) is 2.49. The molecule has 3 aromatic rings. The molecule has 0 bridgehead atoms. The standard InChI is InChI=1S/C16H14ClN3/c1-11(12-5-3-2-4-6-12)20-16-14-9-13(17)7-8-15(14)18-10-19-16/h2-11H,1H3,(H,18,19,20)/t11-/m1/s1. The number of hydrogen-bond acceptors (Lipinski definition) is 3. The summed E-state index contributed by atoms with van der Waals surface area (Å²) in [6.07, 6.45) is 1.57. The fourth-order valence-electron chi connectivity index (χ4n) is 2.17. The Morgan fingerprint density at radius 1 is 1.05 bits per heavy atom. The van der Waals surface area contributed by atoms with E-state index in [0.717, 1.165) is 16.7 Å². The fourth-order valence-corrected chi connectivity index (χ4v) is 2.35. The number of fused-ring (bicyclic) bond motifs is 1. The molecule has 2 aromatic carbocycles. The molecule has 1 aromatic heterocycles. The van der Waals surface area contributed by atoms with Gasteiger partial charge in [-0.05, 0) is 30.7 Å². The predicted molar refractivity (Wildman–Crippen MR) is 83.0 cm³/mol. The van der Waals surface area contributed by atoms with Crippen LogP contribution in [0.15, 0.2) is 54.9 Å². The van der Waals surface area contributed by atoms with E-state index >= 15 is 0 Å². The van der Waals surface area contributed by atoms with Crippen molar-refractivity contribution in [3.05, 3.63) is 65.4 Å². The number of anilines is 1. The normalized spacial score (nSPS) is 12.3. The summed E-state index contributed by atoms with van der Waals surface area (Å²) in [5.74, 6) is 0.800. The molecule has 0 aliphatic rings. The van der Waals surface area contributed by atoms with Crippen molar-refractivity contribution in [2.75, 3.05) is 5.32 Å². The Morgan fingerprint density at radius 2 is 1.85 bits per heavy atom. The van der Waals surface area contributed by atoms with Crippen LogP contribution in [-0.4, -0.2) is 9.97 Å². The highest BCUT2D eigenvalue weighted by Crippen LogP contribution is 2.26. The first kappa shape index (κ1) is 12.9. The third kappa shape index (κ3) is 2.58. The first-order valence-electron chi connectivity index (χ1n) is 6.46. The second kappa shape index (κ2) is 5.47. The van der Waals surface area contributed by atoms with E-state index in [0.29, 0.717) is 5.02 Å². The van der Waals surface area contributed by atoms with Crippen LogP contribution in [0.4, 0.5) is 5.82 Å². The van der Waals surface area contributed by atoms with Crippen LogP contribution in [0.2, 0.25) is 5.02 Å². The van der Waals surface area contributed by atoms with Crippen LogP contribution in [0.25, 0.3) is 10.9 Å². The summed E-state index contributed by atoms with van der Waals surface area (Å²) in [5.41, 5.74) is 2.09. The zero-order valence-electron chi connectivity index (χ0n) is 11.0. The maximum atomic E-state index is 6.06. The van der Waals surface area contributed by atoms with Gasteiger partial charge in [0.25, 0.3) is 0 Å². The van der Waals surface area contributed by atoms with Gasteiger partial charge >= 0.3 is 0 Å². The highest BCUT2D eigenvalue weighted by molar-refractivity contribution is 6.31. The Bertz CT molecular complexity index is 728. The summed E-state index contributed by atoms with van der Waals surface area (Å²) in [5, 5.41) is 5.03. The smallest absolute Gasteiger partial charge is 0.137 e. The van der Waals surface area contributed by atoms with Gasteiger partial charge in [0.05, 0.1) is 5.52 Å². The summed E-state index contributed by atoms with van der Waals surface area (Å²) in [6, 6.07) is 16.0. The largest absolute Gasteiger partial charge is 0.363 e. The van der Waals surface area contributed by atoms with Crippen molar-refractivity contribution in [1.82, 2.24) is 9.97 Å². The molecule has 0 aliphatic carbocycles. The Morgan fingerprint density at radius 3 is 2.65 bits per heavy atom. The van der Waals surface area contributed by atoms with Crippen LogP contribution in [0, 0.1) is 0 Å². The molecule has 0 aliphatic heterocycles. The van der Waals surface area contributed by atoms with Gasteiger partial charge in [-0.1, -0.05) is 41.9 Å². The van der Waals surface area contributed by atoms with Crippen molar-refractivity contribution in [1.29, 1.82) is 0 Å². The molecule has 0 spiro atoms. The van der Waals surface area contributed by atoms with Gasteiger partial charge < -0.3 is 5.32 Å². The average molecular weight is 284 g/mol. The highest BCUT2D eigenvalue weighted by Gasteiger charge is 2.09. The SMILES string of the molecule is C[C@@H](Nc1ncnc2ccc(Cl)cc12)c1ccccc1. The number of benzene rings is 2. The number of nitrogens with one attached hydrogen (secondary N) is 1. The minimum absolute atomic E-state index is 0.160. The second-order valence-electron chi connectivity index (χ2n) is 4.66. The molecule has 3 rings (SSSR count). The van der Waals surface area contributed by atoms with Crippen LogP contribution in [-0.2, 0) is 0 Å². The summed E-state index contributed by atoms with van der Waals surface area (Å²) >= 11 is 6.06. The van der Waals surface area contributed by atoms with Crippen molar-refractivity contribution in [3.63, 3.8) is 0 Å². The lowest BCUT2D eigenvalue weighted by Crippen LogP contribution is -2.08. The number of halogens is 1. The van der Waals surface area contributed by atoms with E-state index < -0.39 is 0 Å². The number of aromatic nitrogens is 2. The summed E-state index contributed by atoms with van der Waals surface area (Å²) in [7, 11) is 0. The molecule has 0 radical (unpaired) electrons. The van der Waals surface area contributed by atoms with Gasteiger partial charge in [0, 0.05) is 16.5 Å². The Hall–Kier alpha value is -2.13. The number of rotatable bonds is 3. The molecule has 1 atom stereocenters. The quantitative estimate of drug-likeness (QED) is 0.771. The van der Waals surface area contributed by atoms with Gasteiger partial charge in [0.15, 0.2) is 0 Å². The van der Waals surface area contributed by atoms with E-state index in [1.165, 1.54) is 5.56 Å². The molecule has 0 fully saturated rings. The lowest BCUT2D eigenvalue weighted by molar-refractivity contribution is 0.876. The van der Waals surface area contributed by atoms with Gasteiger partial charge in [-0.2, -0.15) is 0 Å².